The van der Waals surface area contributed by atoms with Gasteiger partial charge in [-0.25, -0.2) is 4.79 Å². The number of carbonyl (C=O) groups excluding carboxylic acids is 1. The summed E-state index contributed by atoms with van der Waals surface area (Å²) < 4.78 is 4.90. The fourth-order valence-electron chi connectivity index (χ4n) is 2.93. The Kier molecular flexibility index (Phi) is 14.0. The van der Waals surface area contributed by atoms with Gasteiger partial charge in [0.1, 0.15) is 12.2 Å². The lowest BCUT2D eigenvalue weighted by molar-refractivity contribution is -0.143. The Morgan fingerprint density at radius 3 is 1.86 bits per heavy atom. The number of aliphatic hydroxyl groups excluding tert-OH is 5. The molecule has 0 saturated heterocycles. The maximum Gasteiger partial charge on any atom is 0.377 e. The molecule has 0 aliphatic heterocycles. The van der Waals surface area contributed by atoms with E-state index in [1.165, 1.54) is 25.7 Å². The summed E-state index contributed by atoms with van der Waals surface area (Å²) in [5.41, 5.74) is 0. The van der Waals surface area contributed by atoms with Crippen LogP contribution in [0, 0.1) is 17.8 Å². The molecule has 0 aromatic heterocycles. The number of esters is 1. The average molecular weight is 405 g/mol. The fraction of sp³-hybridized carbons (Fsp3) is 0.857. The summed E-state index contributed by atoms with van der Waals surface area (Å²) in [6, 6.07) is 0. The zero-order valence-electron chi connectivity index (χ0n) is 17.8. The van der Waals surface area contributed by atoms with Gasteiger partial charge in [0.25, 0.3) is 0 Å². The van der Waals surface area contributed by atoms with Crippen molar-refractivity contribution >= 4 is 5.97 Å². The molecule has 7 nitrogen and oxygen atoms in total. The summed E-state index contributed by atoms with van der Waals surface area (Å²) >= 11 is 0. The van der Waals surface area contributed by atoms with Crippen LogP contribution >= 0.6 is 0 Å². The molecule has 7 heteroatoms. The van der Waals surface area contributed by atoms with Crippen LogP contribution in [0.5, 0.6) is 0 Å². The van der Waals surface area contributed by atoms with Gasteiger partial charge in [-0.3, -0.25) is 0 Å². The van der Waals surface area contributed by atoms with Crippen LogP contribution in [0.25, 0.3) is 0 Å². The third kappa shape index (κ3) is 11.5. The summed E-state index contributed by atoms with van der Waals surface area (Å²) in [5.74, 6) is -1.62. The molecule has 166 valence electrons. The quantitative estimate of drug-likeness (QED) is 0.161. The molecular weight excluding hydrogens is 364 g/mol. The number of rotatable bonds is 15. The highest BCUT2D eigenvalue weighted by atomic mass is 16.5. The minimum atomic E-state index is -1.96. The van der Waals surface area contributed by atoms with Crippen molar-refractivity contribution in [3.05, 3.63) is 11.5 Å². The van der Waals surface area contributed by atoms with Gasteiger partial charge in [-0.2, -0.15) is 0 Å². The molecule has 0 aromatic rings. The first-order valence-corrected chi connectivity index (χ1v) is 10.4. The highest BCUT2D eigenvalue weighted by molar-refractivity contribution is 5.86. The van der Waals surface area contributed by atoms with Gasteiger partial charge in [0.2, 0.25) is 5.76 Å². The summed E-state index contributed by atoms with van der Waals surface area (Å²) in [7, 11) is 0. The van der Waals surface area contributed by atoms with Crippen molar-refractivity contribution in [2.24, 2.45) is 17.8 Å². The Bertz CT molecular complexity index is 462. The van der Waals surface area contributed by atoms with Crippen LogP contribution in [0.2, 0.25) is 0 Å². The molecule has 0 fully saturated rings. The smallest absolute Gasteiger partial charge is 0.377 e. The number of hydrogen-bond acceptors (Lipinski definition) is 7. The van der Waals surface area contributed by atoms with Crippen molar-refractivity contribution < 1.29 is 35.1 Å². The largest absolute Gasteiger partial charge is 0.506 e. The molecule has 0 saturated carbocycles. The molecule has 0 spiro atoms. The predicted octanol–water partition coefficient (Wildman–Crippen LogP) is 3.23. The Labute approximate surface area is 169 Å². The second-order valence-electron chi connectivity index (χ2n) is 8.32. The normalized spacial score (nSPS) is 17.0. The van der Waals surface area contributed by atoms with Crippen molar-refractivity contribution in [3.8, 4) is 0 Å². The topological polar surface area (TPSA) is 127 Å². The third-order valence-electron chi connectivity index (χ3n) is 4.98. The highest BCUT2D eigenvalue weighted by Gasteiger charge is 2.26. The Morgan fingerprint density at radius 2 is 1.36 bits per heavy atom. The Hall–Kier alpha value is -1.31. The lowest BCUT2D eigenvalue weighted by Crippen LogP contribution is -2.32. The third-order valence-corrected chi connectivity index (χ3v) is 4.98. The molecule has 28 heavy (non-hydrogen) atoms. The van der Waals surface area contributed by atoms with E-state index in [0.717, 1.165) is 24.7 Å². The average Bonchev–Trinajstić information content (AvgIpc) is 2.64. The van der Waals surface area contributed by atoms with E-state index in [9.17, 15) is 25.2 Å². The first-order chi connectivity index (χ1) is 13.1. The molecule has 0 aromatic carbocycles. The van der Waals surface area contributed by atoms with Crippen molar-refractivity contribution in [3.63, 3.8) is 0 Å². The van der Waals surface area contributed by atoms with Crippen LogP contribution in [0.3, 0.4) is 0 Å². The van der Waals surface area contributed by atoms with E-state index in [-0.39, 0.29) is 6.61 Å². The highest BCUT2D eigenvalue weighted by Crippen LogP contribution is 2.20. The van der Waals surface area contributed by atoms with E-state index in [1.807, 2.05) is 0 Å². The van der Waals surface area contributed by atoms with E-state index in [0.29, 0.717) is 12.3 Å². The Balaban J connectivity index is 4.07. The molecule has 0 amide bonds. The molecule has 0 rings (SSSR count). The van der Waals surface area contributed by atoms with Crippen LogP contribution in [0.1, 0.15) is 72.6 Å². The van der Waals surface area contributed by atoms with Gasteiger partial charge in [0.05, 0.1) is 13.2 Å². The number of hydrogen-bond donors (Lipinski definition) is 5. The van der Waals surface area contributed by atoms with Crippen LogP contribution < -0.4 is 0 Å². The molecule has 0 aliphatic rings. The van der Waals surface area contributed by atoms with Crippen LogP contribution in [-0.2, 0) is 9.53 Å². The van der Waals surface area contributed by atoms with Crippen molar-refractivity contribution in [1.82, 2.24) is 0 Å². The van der Waals surface area contributed by atoms with Gasteiger partial charge in [-0.15, -0.1) is 0 Å². The standard InChI is InChI=1S/C21H40O7/c1-14(2)7-5-8-15(3)9-6-10-16(4)11-12-28-21(27)20(26)19(25)18(24)17(23)13-22/h14-18,22-26H,5-13H2,1-4H3/b20-19+. The van der Waals surface area contributed by atoms with E-state index >= 15 is 0 Å². The molecule has 0 bridgehead atoms. The zero-order chi connectivity index (χ0) is 21.7. The lowest BCUT2D eigenvalue weighted by atomic mass is 9.93. The summed E-state index contributed by atoms with van der Waals surface area (Å²) in [6.45, 7) is 8.11. The minimum Gasteiger partial charge on any atom is -0.506 e. The maximum absolute atomic E-state index is 11.7. The van der Waals surface area contributed by atoms with Gasteiger partial charge in [-0.1, -0.05) is 66.2 Å². The van der Waals surface area contributed by atoms with Crippen molar-refractivity contribution in [2.45, 2.75) is 84.8 Å². The second-order valence-corrected chi connectivity index (χ2v) is 8.32. The zero-order valence-corrected chi connectivity index (χ0v) is 17.8. The maximum atomic E-state index is 11.7. The SMILES string of the molecule is CC(C)CCCC(C)CCCC(C)CCOC(=O)/C(O)=C(\O)C(O)C(O)CO. The summed E-state index contributed by atoms with van der Waals surface area (Å²) in [6.07, 6.45) is 4.11. The van der Waals surface area contributed by atoms with Gasteiger partial charge < -0.3 is 30.3 Å². The van der Waals surface area contributed by atoms with E-state index in [2.05, 4.69) is 27.7 Å². The van der Waals surface area contributed by atoms with Crippen LogP contribution in [-0.4, -0.2) is 56.9 Å². The molecular formula is C21H40O7. The van der Waals surface area contributed by atoms with Crippen molar-refractivity contribution in [2.75, 3.05) is 13.2 Å². The summed E-state index contributed by atoms with van der Waals surface area (Å²) in [5, 5.41) is 46.5. The number of ether oxygens (including phenoxy) is 1. The molecule has 0 heterocycles. The summed E-state index contributed by atoms with van der Waals surface area (Å²) in [4.78, 5) is 11.7. The molecule has 0 radical (unpaired) electrons. The predicted molar refractivity (Wildman–Crippen MR) is 108 cm³/mol. The monoisotopic (exact) mass is 404 g/mol. The Morgan fingerprint density at radius 1 is 0.857 bits per heavy atom. The van der Waals surface area contributed by atoms with E-state index in [4.69, 9.17) is 9.84 Å². The van der Waals surface area contributed by atoms with Gasteiger partial charge >= 0.3 is 5.97 Å². The van der Waals surface area contributed by atoms with E-state index < -0.39 is 36.3 Å². The molecule has 0 aliphatic carbocycles. The first-order valence-electron chi connectivity index (χ1n) is 10.4. The van der Waals surface area contributed by atoms with Crippen LogP contribution in [0.4, 0.5) is 0 Å². The van der Waals surface area contributed by atoms with Crippen LogP contribution in [0.15, 0.2) is 11.5 Å². The van der Waals surface area contributed by atoms with E-state index in [1.54, 1.807) is 0 Å². The fourth-order valence-corrected chi connectivity index (χ4v) is 2.93. The lowest BCUT2D eigenvalue weighted by Gasteiger charge is -2.16. The molecule has 5 N–H and O–H groups in total. The second kappa shape index (κ2) is 14.7. The molecule has 4 atom stereocenters. The van der Waals surface area contributed by atoms with Gasteiger partial charge in [-0.05, 0) is 24.2 Å². The van der Waals surface area contributed by atoms with Gasteiger partial charge in [0.15, 0.2) is 5.76 Å². The number of carbonyl (C=O) groups is 1. The molecule has 4 unspecified atom stereocenters. The van der Waals surface area contributed by atoms with Gasteiger partial charge in [0, 0.05) is 0 Å². The minimum absolute atomic E-state index is 0.0833. The first kappa shape index (κ1) is 26.7. The number of aliphatic hydroxyl groups is 5. The van der Waals surface area contributed by atoms with Crippen molar-refractivity contribution in [1.29, 1.82) is 0 Å².